The minimum absolute atomic E-state index is 0.0388. The number of ketones is 1. The molecule has 45 heavy (non-hydrogen) atoms. The SMILES string of the molecule is CCc1c(OCOC)cc(OCOC)c(C(=O)c2ccc(OC)c(-c3cccc(OC)c3)c2)c1CCOCC1COC(C)(C)O1. The first kappa shape index (κ1) is 34.2. The van der Waals surface area contributed by atoms with E-state index in [0.717, 1.165) is 22.3 Å². The second-order valence-electron chi connectivity index (χ2n) is 10.9. The molecule has 1 fully saturated rings. The Labute approximate surface area is 265 Å². The van der Waals surface area contributed by atoms with Gasteiger partial charge in [-0.15, -0.1) is 0 Å². The molecule has 3 aromatic rings. The number of hydrogen-bond donors (Lipinski definition) is 0. The van der Waals surface area contributed by atoms with Crippen molar-refractivity contribution in [2.24, 2.45) is 0 Å². The Balaban J connectivity index is 1.76. The molecule has 0 saturated carbocycles. The zero-order valence-corrected chi connectivity index (χ0v) is 27.2. The lowest BCUT2D eigenvalue weighted by atomic mass is 9.89. The zero-order valence-electron chi connectivity index (χ0n) is 27.2. The van der Waals surface area contributed by atoms with Gasteiger partial charge in [-0.3, -0.25) is 4.79 Å². The lowest BCUT2D eigenvalue weighted by Gasteiger charge is -2.22. The van der Waals surface area contributed by atoms with Gasteiger partial charge in [-0.25, -0.2) is 0 Å². The van der Waals surface area contributed by atoms with E-state index in [1.54, 1.807) is 39.5 Å². The number of ether oxygens (including phenoxy) is 9. The topological polar surface area (TPSA) is 100 Å². The predicted molar refractivity (Wildman–Crippen MR) is 169 cm³/mol. The molecular formula is C35H44O10. The van der Waals surface area contributed by atoms with Gasteiger partial charge in [-0.05, 0) is 73.7 Å². The van der Waals surface area contributed by atoms with Crippen LogP contribution in [0.3, 0.4) is 0 Å². The van der Waals surface area contributed by atoms with Crippen LogP contribution in [0.4, 0.5) is 0 Å². The molecule has 0 spiro atoms. The third-order valence-electron chi connectivity index (χ3n) is 7.43. The van der Waals surface area contributed by atoms with Crippen molar-refractivity contribution < 1.29 is 47.4 Å². The summed E-state index contributed by atoms with van der Waals surface area (Å²) < 4.78 is 51.1. The summed E-state index contributed by atoms with van der Waals surface area (Å²) in [5.74, 6) is 1.38. The van der Waals surface area contributed by atoms with E-state index in [9.17, 15) is 4.79 Å². The van der Waals surface area contributed by atoms with Crippen LogP contribution in [-0.4, -0.2) is 79.5 Å². The Morgan fingerprint density at radius 2 is 1.64 bits per heavy atom. The fourth-order valence-electron chi connectivity index (χ4n) is 5.37. The van der Waals surface area contributed by atoms with E-state index in [2.05, 4.69) is 0 Å². The van der Waals surface area contributed by atoms with E-state index in [0.29, 0.717) is 66.8 Å². The number of carbonyl (C=O) groups is 1. The van der Waals surface area contributed by atoms with Crippen LogP contribution in [0.5, 0.6) is 23.0 Å². The van der Waals surface area contributed by atoms with Gasteiger partial charge in [0.25, 0.3) is 0 Å². The summed E-state index contributed by atoms with van der Waals surface area (Å²) in [7, 11) is 6.30. The number of rotatable bonds is 17. The Morgan fingerprint density at radius 1 is 0.889 bits per heavy atom. The molecule has 1 heterocycles. The summed E-state index contributed by atoms with van der Waals surface area (Å²) in [5.41, 5.74) is 4.12. The highest BCUT2D eigenvalue weighted by Gasteiger charge is 2.33. The maximum Gasteiger partial charge on any atom is 0.197 e. The van der Waals surface area contributed by atoms with Crippen molar-refractivity contribution in [3.05, 3.63) is 70.8 Å². The van der Waals surface area contributed by atoms with E-state index >= 15 is 0 Å². The van der Waals surface area contributed by atoms with Crippen molar-refractivity contribution >= 4 is 5.78 Å². The number of benzene rings is 3. The molecule has 0 bridgehead atoms. The predicted octanol–water partition coefficient (Wildman–Crippen LogP) is 5.84. The zero-order chi connectivity index (χ0) is 32.4. The molecule has 3 aromatic carbocycles. The molecule has 1 aliphatic rings. The maximum atomic E-state index is 14.5. The Kier molecular flexibility index (Phi) is 12.2. The largest absolute Gasteiger partial charge is 0.497 e. The molecule has 0 aromatic heterocycles. The highest BCUT2D eigenvalue weighted by atomic mass is 16.7. The van der Waals surface area contributed by atoms with Crippen LogP contribution in [0.25, 0.3) is 11.1 Å². The quantitative estimate of drug-likeness (QED) is 0.103. The van der Waals surface area contributed by atoms with E-state index in [1.807, 2.05) is 51.1 Å². The Bertz CT molecular complexity index is 1430. The van der Waals surface area contributed by atoms with Crippen molar-refractivity contribution in [1.82, 2.24) is 0 Å². The molecular weight excluding hydrogens is 580 g/mol. The summed E-state index contributed by atoms with van der Waals surface area (Å²) in [6, 6.07) is 14.7. The molecule has 0 radical (unpaired) electrons. The first-order chi connectivity index (χ1) is 21.7. The fourth-order valence-corrected chi connectivity index (χ4v) is 5.37. The van der Waals surface area contributed by atoms with Gasteiger partial charge in [0, 0.05) is 31.4 Å². The molecule has 0 N–H and O–H groups in total. The van der Waals surface area contributed by atoms with Crippen molar-refractivity contribution in [1.29, 1.82) is 0 Å². The van der Waals surface area contributed by atoms with Gasteiger partial charge in [-0.1, -0.05) is 19.1 Å². The van der Waals surface area contributed by atoms with E-state index in [4.69, 9.17) is 42.6 Å². The van der Waals surface area contributed by atoms with Crippen LogP contribution in [0, 0.1) is 0 Å². The molecule has 4 rings (SSSR count). The Morgan fingerprint density at radius 3 is 2.29 bits per heavy atom. The van der Waals surface area contributed by atoms with Crippen LogP contribution in [0.2, 0.25) is 0 Å². The summed E-state index contributed by atoms with van der Waals surface area (Å²) in [6.07, 6.45) is 0.858. The molecule has 1 unspecified atom stereocenters. The normalized spacial score (nSPS) is 15.6. The molecule has 1 aliphatic heterocycles. The molecule has 1 saturated heterocycles. The van der Waals surface area contributed by atoms with E-state index in [-0.39, 0.29) is 25.5 Å². The van der Waals surface area contributed by atoms with E-state index < -0.39 is 5.79 Å². The van der Waals surface area contributed by atoms with Crippen molar-refractivity contribution in [2.75, 3.05) is 61.8 Å². The molecule has 10 heteroatoms. The molecule has 244 valence electrons. The van der Waals surface area contributed by atoms with Crippen molar-refractivity contribution in [2.45, 2.75) is 45.5 Å². The van der Waals surface area contributed by atoms with Gasteiger partial charge in [-0.2, -0.15) is 0 Å². The van der Waals surface area contributed by atoms with Gasteiger partial charge < -0.3 is 42.6 Å². The van der Waals surface area contributed by atoms with Gasteiger partial charge in [0.2, 0.25) is 0 Å². The highest BCUT2D eigenvalue weighted by Crippen LogP contribution is 2.39. The summed E-state index contributed by atoms with van der Waals surface area (Å²) in [6.45, 7) is 6.92. The third-order valence-corrected chi connectivity index (χ3v) is 7.43. The average molecular weight is 625 g/mol. The minimum Gasteiger partial charge on any atom is -0.497 e. The van der Waals surface area contributed by atoms with Gasteiger partial charge in [0.05, 0.1) is 39.6 Å². The third kappa shape index (κ3) is 8.53. The maximum absolute atomic E-state index is 14.5. The lowest BCUT2D eigenvalue weighted by Crippen LogP contribution is -2.24. The summed E-state index contributed by atoms with van der Waals surface area (Å²) in [4.78, 5) is 14.5. The van der Waals surface area contributed by atoms with Crippen LogP contribution in [0.15, 0.2) is 48.5 Å². The standard InChI is InChI=1S/C35H44O10/c1-8-27-28(14-15-41-19-26-20-44-35(2,3)45-26)33(32(43-22-38-5)18-31(27)42-21-37-4)34(36)24-12-13-30(40-7)29(17-24)23-10-9-11-25(16-23)39-6/h9-13,16-18,26H,8,14-15,19-22H2,1-7H3. The van der Waals surface area contributed by atoms with E-state index in [1.165, 1.54) is 7.11 Å². The molecule has 0 amide bonds. The lowest BCUT2D eigenvalue weighted by molar-refractivity contribution is -0.144. The second-order valence-corrected chi connectivity index (χ2v) is 10.9. The van der Waals surface area contributed by atoms with Crippen LogP contribution < -0.4 is 18.9 Å². The monoisotopic (exact) mass is 624 g/mol. The van der Waals surface area contributed by atoms with Crippen LogP contribution in [-0.2, 0) is 36.5 Å². The second kappa shape index (κ2) is 16.1. The first-order valence-electron chi connectivity index (χ1n) is 14.9. The van der Waals surface area contributed by atoms with Gasteiger partial charge in [0.1, 0.15) is 29.1 Å². The number of hydrogen-bond acceptors (Lipinski definition) is 10. The Hall–Kier alpha value is -3.67. The van der Waals surface area contributed by atoms with Crippen molar-refractivity contribution in [3.63, 3.8) is 0 Å². The molecule has 1 atom stereocenters. The number of methoxy groups -OCH3 is 4. The first-order valence-corrected chi connectivity index (χ1v) is 14.9. The van der Waals surface area contributed by atoms with Crippen LogP contribution >= 0.6 is 0 Å². The average Bonchev–Trinajstić information content (AvgIpc) is 3.41. The fraction of sp³-hybridized carbons (Fsp3) is 0.457. The molecule has 0 aliphatic carbocycles. The van der Waals surface area contributed by atoms with Crippen LogP contribution in [0.1, 0.15) is 47.8 Å². The molecule has 10 nitrogen and oxygen atoms in total. The van der Waals surface area contributed by atoms with Crippen molar-refractivity contribution in [3.8, 4) is 34.1 Å². The summed E-state index contributed by atoms with van der Waals surface area (Å²) >= 11 is 0. The van der Waals surface area contributed by atoms with Gasteiger partial charge >= 0.3 is 0 Å². The smallest absolute Gasteiger partial charge is 0.197 e. The highest BCUT2D eigenvalue weighted by molar-refractivity contribution is 6.12. The number of carbonyl (C=O) groups excluding carboxylic acids is 1. The summed E-state index contributed by atoms with van der Waals surface area (Å²) in [5, 5.41) is 0. The minimum atomic E-state index is -0.633. The van der Waals surface area contributed by atoms with Gasteiger partial charge in [0.15, 0.2) is 25.2 Å².